The van der Waals surface area contributed by atoms with E-state index in [9.17, 15) is 0 Å². The highest BCUT2D eigenvalue weighted by molar-refractivity contribution is 9.11. The number of piperidine rings is 1. The van der Waals surface area contributed by atoms with E-state index in [1.165, 1.54) is 12.8 Å². The topological polar surface area (TPSA) is 21.3 Å². The molecule has 4 heteroatoms. The van der Waals surface area contributed by atoms with Crippen molar-refractivity contribution < 1.29 is 4.74 Å². The summed E-state index contributed by atoms with van der Waals surface area (Å²) in [7, 11) is 0. The molecule has 0 aliphatic carbocycles. The minimum Gasteiger partial charge on any atom is -0.491 e. The van der Waals surface area contributed by atoms with E-state index >= 15 is 0 Å². The molecule has 1 aliphatic rings. The number of benzene rings is 1. The van der Waals surface area contributed by atoms with Crippen LogP contribution in [-0.4, -0.2) is 19.7 Å². The van der Waals surface area contributed by atoms with Gasteiger partial charge in [0.1, 0.15) is 5.75 Å². The van der Waals surface area contributed by atoms with Gasteiger partial charge in [0.15, 0.2) is 0 Å². The lowest BCUT2D eigenvalue weighted by Crippen LogP contribution is -2.30. The lowest BCUT2D eigenvalue weighted by atomic mass is 9.99. The first kappa shape index (κ1) is 12.4. The largest absolute Gasteiger partial charge is 0.491 e. The summed E-state index contributed by atoms with van der Waals surface area (Å²) in [5, 5.41) is 3.36. The van der Waals surface area contributed by atoms with E-state index in [1.807, 2.05) is 18.2 Å². The molecule has 0 aromatic heterocycles. The van der Waals surface area contributed by atoms with Gasteiger partial charge in [0.05, 0.1) is 15.6 Å². The quantitative estimate of drug-likeness (QED) is 0.901. The number of hydrogen-bond acceptors (Lipinski definition) is 2. The first-order valence-corrected chi connectivity index (χ1v) is 7.13. The lowest BCUT2D eigenvalue weighted by molar-refractivity contribution is 0.213. The number of nitrogens with one attached hydrogen (secondary N) is 1. The molecule has 0 bridgehead atoms. The molecule has 1 aliphatic heterocycles. The molecule has 0 saturated carbocycles. The van der Waals surface area contributed by atoms with Crippen LogP contribution in [0.4, 0.5) is 0 Å². The summed E-state index contributed by atoms with van der Waals surface area (Å²) in [6, 6.07) is 6.00. The molecule has 0 spiro atoms. The van der Waals surface area contributed by atoms with Crippen LogP contribution in [0.15, 0.2) is 27.1 Å². The average Bonchev–Trinajstić information content (AvgIpc) is 2.30. The maximum atomic E-state index is 5.89. The highest BCUT2D eigenvalue weighted by Gasteiger charge is 2.15. The molecule has 1 N–H and O–H groups in total. The van der Waals surface area contributed by atoms with Crippen molar-refractivity contribution in [1.82, 2.24) is 5.32 Å². The van der Waals surface area contributed by atoms with Gasteiger partial charge < -0.3 is 10.1 Å². The van der Waals surface area contributed by atoms with E-state index in [-0.39, 0.29) is 0 Å². The van der Waals surface area contributed by atoms with Crippen molar-refractivity contribution in [2.24, 2.45) is 5.92 Å². The summed E-state index contributed by atoms with van der Waals surface area (Å²) in [5.74, 6) is 1.60. The van der Waals surface area contributed by atoms with Gasteiger partial charge >= 0.3 is 0 Å². The van der Waals surface area contributed by atoms with Gasteiger partial charge in [-0.15, -0.1) is 0 Å². The molecule has 16 heavy (non-hydrogen) atoms. The Hall–Kier alpha value is -0.0600. The Morgan fingerprint density at radius 1 is 1.19 bits per heavy atom. The Morgan fingerprint density at radius 3 is 2.44 bits per heavy atom. The Balaban J connectivity index is 1.93. The number of rotatable bonds is 3. The van der Waals surface area contributed by atoms with Crippen LogP contribution in [0.3, 0.4) is 0 Å². The fourth-order valence-corrected chi connectivity index (χ4v) is 3.10. The van der Waals surface area contributed by atoms with Crippen LogP contribution in [0.2, 0.25) is 0 Å². The Morgan fingerprint density at radius 2 is 1.81 bits per heavy atom. The predicted molar refractivity (Wildman–Crippen MR) is 72.9 cm³/mol. The van der Waals surface area contributed by atoms with Crippen LogP contribution >= 0.6 is 31.9 Å². The molecule has 0 atom stereocenters. The maximum Gasteiger partial charge on any atom is 0.147 e. The van der Waals surface area contributed by atoms with Crippen LogP contribution in [0.1, 0.15) is 12.8 Å². The molecule has 1 aromatic carbocycles. The summed E-state index contributed by atoms with van der Waals surface area (Å²) in [6.45, 7) is 3.04. The van der Waals surface area contributed by atoms with Crippen LogP contribution < -0.4 is 10.1 Å². The van der Waals surface area contributed by atoms with Gasteiger partial charge in [-0.3, -0.25) is 0 Å². The minimum atomic E-state index is 0.681. The average molecular weight is 349 g/mol. The first-order valence-electron chi connectivity index (χ1n) is 5.55. The van der Waals surface area contributed by atoms with Gasteiger partial charge in [-0.25, -0.2) is 0 Å². The van der Waals surface area contributed by atoms with Crippen molar-refractivity contribution in [2.45, 2.75) is 12.8 Å². The monoisotopic (exact) mass is 347 g/mol. The summed E-state index contributed by atoms with van der Waals surface area (Å²) in [4.78, 5) is 0. The summed E-state index contributed by atoms with van der Waals surface area (Å²) >= 11 is 7.01. The van der Waals surface area contributed by atoms with Gasteiger partial charge in [-0.1, -0.05) is 6.07 Å². The minimum absolute atomic E-state index is 0.681. The number of ether oxygens (including phenoxy) is 1. The molecular formula is C12H15Br2NO. The molecule has 88 valence electrons. The van der Waals surface area contributed by atoms with Crippen LogP contribution in [0, 0.1) is 5.92 Å². The van der Waals surface area contributed by atoms with Crippen molar-refractivity contribution in [1.29, 1.82) is 0 Å². The Kier molecular flexibility index (Phi) is 4.67. The van der Waals surface area contributed by atoms with Crippen molar-refractivity contribution in [3.05, 3.63) is 27.1 Å². The van der Waals surface area contributed by atoms with Crippen LogP contribution in [0.25, 0.3) is 0 Å². The Labute approximate surface area is 113 Å². The van der Waals surface area contributed by atoms with Gasteiger partial charge in [-0.05, 0) is 75.8 Å². The highest BCUT2D eigenvalue weighted by Crippen LogP contribution is 2.33. The van der Waals surface area contributed by atoms with E-state index in [4.69, 9.17) is 4.74 Å². The van der Waals surface area contributed by atoms with E-state index in [0.29, 0.717) is 5.92 Å². The van der Waals surface area contributed by atoms with Gasteiger partial charge in [0.25, 0.3) is 0 Å². The zero-order valence-electron chi connectivity index (χ0n) is 9.01. The van der Waals surface area contributed by atoms with Crippen molar-refractivity contribution in [2.75, 3.05) is 19.7 Å². The van der Waals surface area contributed by atoms with E-state index in [0.717, 1.165) is 34.4 Å². The second-order valence-electron chi connectivity index (χ2n) is 4.06. The molecule has 1 aromatic rings. The summed E-state index contributed by atoms with van der Waals surface area (Å²) < 4.78 is 7.91. The van der Waals surface area contributed by atoms with Gasteiger partial charge in [0, 0.05) is 0 Å². The second kappa shape index (κ2) is 6.03. The van der Waals surface area contributed by atoms with E-state index in [2.05, 4.69) is 37.2 Å². The zero-order chi connectivity index (χ0) is 11.4. The maximum absolute atomic E-state index is 5.89. The number of para-hydroxylation sites is 1. The van der Waals surface area contributed by atoms with Crippen molar-refractivity contribution >= 4 is 31.9 Å². The van der Waals surface area contributed by atoms with Crippen molar-refractivity contribution in [3.8, 4) is 5.75 Å². The second-order valence-corrected chi connectivity index (χ2v) is 5.76. The molecule has 2 nitrogen and oxygen atoms in total. The first-order chi connectivity index (χ1) is 7.77. The SMILES string of the molecule is Brc1cccc(Br)c1OCC1CCNCC1. The molecule has 2 rings (SSSR count). The number of halogens is 2. The fourth-order valence-electron chi connectivity index (χ4n) is 1.87. The van der Waals surface area contributed by atoms with Crippen LogP contribution in [-0.2, 0) is 0 Å². The number of hydrogen-bond donors (Lipinski definition) is 1. The van der Waals surface area contributed by atoms with Crippen molar-refractivity contribution in [3.63, 3.8) is 0 Å². The molecule has 1 heterocycles. The van der Waals surface area contributed by atoms with Crippen LogP contribution in [0.5, 0.6) is 5.75 Å². The highest BCUT2D eigenvalue weighted by atomic mass is 79.9. The molecule has 0 amide bonds. The molecular weight excluding hydrogens is 334 g/mol. The molecule has 1 saturated heterocycles. The van der Waals surface area contributed by atoms with Gasteiger partial charge in [0.2, 0.25) is 0 Å². The third-order valence-corrected chi connectivity index (χ3v) is 4.09. The third kappa shape index (κ3) is 3.22. The summed E-state index contributed by atoms with van der Waals surface area (Å²) in [6.07, 6.45) is 2.42. The summed E-state index contributed by atoms with van der Waals surface area (Å²) in [5.41, 5.74) is 0. The van der Waals surface area contributed by atoms with E-state index < -0.39 is 0 Å². The fraction of sp³-hybridized carbons (Fsp3) is 0.500. The smallest absolute Gasteiger partial charge is 0.147 e. The standard InChI is InChI=1S/C12H15Br2NO/c13-10-2-1-3-11(14)12(10)16-8-9-4-6-15-7-5-9/h1-3,9,15H,4-8H2. The lowest BCUT2D eigenvalue weighted by Gasteiger charge is -2.23. The van der Waals surface area contributed by atoms with E-state index in [1.54, 1.807) is 0 Å². The normalized spacial score (nSPS) is 17.4. The molecule has 0 radical (unpaired) electrons. The molecule has 1 fully saturated rings. The third-order valence-electron chi connectivity index (χ3n) is 2.84. The Bertz CT molecular complexity index is 331. The van der Waals surface area contributed by atoms with Gasteiger partial charge in [-0.2, -0.15) is 0 Å². The molecule has 0 unspecified atom stereocenters. The zero-order valence-corrected chi connectivity index (χ0v) is 12.2. The predicted octanol–water partition coefficient (Wildman–Crippen LogP) is 3.59.